The van der Waals surface area contributed by atoms with Crippen molar-refractivity contribution in [1.82, 2.24) is 4.72 Å². The van der Waals surface area contributed by atoms with Crippen molar-refractivity contribution in [2.75, 3.05) is 7.11 Å². The molecule has 0 saturated heterocycles. The molecule has 7 heteroatoms. The second kappa shape index (κ2) is 6.08. The van der Waals surface area contributed by atoms with Gasteiger partial charge in [-0.25, -0.2) is 13.1 Å². The Morgan fingerprint density at radius 3 is 2.71 bits per heavy atom. The molecular weight excluding hydrogens is 260 g/mol. The molecule has 0 amide bonds. The van der Waals surface area contributed by atoms with Crippen LogP contribution in [-0.4, -0.2) is 37.9 Å². The SMILES string of the molecule is CCC(C(N)=S)S(=O)(=O)NC1CCCC1OC. The van der Waals surface area contributed by atoms with E-state index >= 15 is 0 Å². The van der Waals surface area contributed by atoms with Crippen LogP contribution in [0.3, 0.4) is 0 Å². The highest BCUT2D eigenvalue weighted by molar-refractivity contribution is 7.93. The van der Waals surface area contributed by atoms with E-state index in [1.54, 1.807) is 14.0 Å². The topological polar surface area (TPSA) is 81.4 Å². The molecule has 100 valence electrons. The summed E-state index contributed by atoms with van der Waals surface area (Å²) in [5.41, 5.74) is 5.46. The number of nitrogens with one attached hydrogen (secondary N) is 1. The van der Waals surface area contributed by atoms with Crippen LogP contribution in [0.4, 0.5) is 0 Å². The summed E-state index contributed by atoms with van der Waals surface area (Å²) in [4.78, 5) is 0.0203. The molecule has 0 radical (unpaired) electrons. The zero-order valence-corrected chi connectivity index (χ0v) is 11.8. The Morgan fingerprint density at radius 2 is 2.24 bits per heavy atom. The molecule has 0 spiro atoms. The predicted octanol–water partition coefficient (Wildman–Crippen LogP) is 0.538. The van der Waals surface area contributed by atoms with Crippen LogP contribution in [0.5, 0.6) is 0 Å². The molecule has 3 N–H and O–H groups in total. The lowest BCUT2D eigenvalue weighted by molar-refractivity contribution is 0.0916. The van der Waals surface area contributed by atoms with Crippen LogP contribution in [0, 0.1) is 0 Å². The van der Waals surface area contributed by atoms with E-state index in [2.05, 4.69) is 4.72 Å². The number of methoxy groups -OCH3 is 1. The molecule has 3 unspecified atom stereocenters. The number of rotatable bonds is 6. The summed E-state index contributed by atoms with van der Waals surface area (Å²) in [6.45, 7) is 1.76. The molecule has 0 aliphatic heterocycles. The van der Waals surface area contributed by atoms with Crippen molar-refractivity contribution in [1.29, 1.82) is 0 Å². The maximum Gasteiger partial charge on any atom is 0.221 e. The fraction of sp³-hybridized carbons (Fsp3) is 0.900. The minimum atomic E-state index is -3.49. The number of nitrogens with two attached hydrogens (primary N) is 1. The Labute approximate surface area is 108 Å². The molecule has 1 aliphatic carbocycles. The van der Waals surface area contributed by atoms with Crippen molar-refractivity contribution < 1.29 is 13.2 Å². The molecule has 17 heavy (non-hydrogen) atoms. The van der Waals surface area contributed by atoms with Gasteiger partial charge in [-0.3, -0.25) is 0 Å². The number of hydrogen-bond acceptors (Lipinski definition) is 4. The second-order valence-corrected chi connectivity index (χ2v) is 6.64. The van der Waals surface area contributed by atoms with E-state index in [1.165, 1.54) is 0 Å². The zero-order chi connectivity index (χ0) is 13.1. The van der Waals surface area contributed by atoms with Gasteiger partial charge in [-0.2, -0.15) is 0 Å². The third-order valence-electron chi connectivity index (χ3n) is 3.13. The molecular formula is C10H20N2O3S2. The van der Waals surface area contributed by atoms with Crippen LogP contribution in [0.2, 0.25) is 0 Å². The summed E-state index contributed by atoms with van der Waals surface area (Å²) in [5, 5.41) is -0.796. The molecule has 3 atom stereocenters. The third kappa shape index (κ3) is 3.61. The largest absolute Gasteiger partial charge is 0.392 e. The van der Waals surface area contributed by atoms with E-state index in [-0.39, 0.29) is 17.1 Å². The van der Waals surface area contributed by atoms with E-state index in [0.29, 0.717) is 6.42 Å². The van der Waals surface area contributed by atoms with Gasteiger partial charge >= 0.3 is 0 Å². The normalized spacial score (nSPS) is 26.9. The average molecular weight is 280 g/mol. The van der Waals surface area contributed by atoms with Gasteiger partial charge in [-0.1, -0.05) is 19.1 Å². The molecule has 0 aromatic rings. The van der Waals surface area contributed by atoms with Crippen LogP contribution >= 0.6 is 12.2 Å². The molecule has 0 heterocycles. The maximum atomic E-state index is 12.1. The molecule has 1 fully saturated rings. The molecule has 0 bridgehead atoms. The van der Waals surface area contributed by atoms with Crippen LogP contribution in [0.25, 0.3) is 0 Å². The van der Waals surface area contributed by atoms with Crippen molar-refractivity contribution in [2.24, 2.45) is 5.73 Å². The Balaban J connectivity index is 2.75. The van der Waals surface area contributed by atoms with E-state index in [9.17, 15) is 8.42 Å². The summed E-state index contributed by atoms with van der Waals surface area (Å²) in [6, 6.07) is -0.159. The van der Waals surface area contributed by atoms with E-state index in [0.717, 1.165) is 19.3 Å². The summed E-state index contributed by atoms with van der Waals surface area (Å²) in [5.74, 6) is 0. The quantitative estimate of drug-likeness (QED) is 0.694. The van der Waals surface area contributed by atoms with Gasteiger partial charge < -0.3 is 10.5 Å². The zero-order valence-electron chi connectivity index (χ0n) is 10.2. The molecule has 1 saturated carbocycles. The third-order valence-corrected chi connectivity index (χ3v) is 5.54. The van der Waals surface area contributed by atoms with Crippen LogP contribution in [0.15, 0.2) is 0 Å². The minimum absolute atomic E-state index is 0.0203. The van der Waals surface area contributed by atoms with E-state index in [4.69, 9.17) is 22.7 Å². The van der Waals surface area contributed by atoms with Gasteiger partial charge in [0.05, 0.1) is 11.1 Å². The number of hydrogen-bond donors (Lipinski definition) is 2. The first kappa shape index (κ1) is 14.8. The Hall–Kier alpha value is -0.240. The monoisotopic (exact) mass is 280 g/mol. The highest BCUT2D eigenvalue weighted by Crippen LogP contribution is 2.23. The van der Waals surface area contributed by atoms with Gasteiger partial charge in [-0.15, -0.1) is 0 Å². The average Bonchev–Trinajstić information content (AvgIpc) is 2.63. The van der Waals surface area contributed by atoms with Crippen molar-refractivity contribution in [3.05, 3.63) is 0 Å². The Morgan fingerprint density at radius 1 is 1.59 bits per heavy atom. The van der Waals surface area contributed by atoms with Gasteiger partial charge in [0.15, 0.2) is 0 Å². The van der Waals surface area contributed by atoms with Gasteiger partial charge in [0.2, 0.25) is 10.0 Å². The number of ether oxygens (including phenoxy) is 1. The summed E-state index contributed by atoms with van der Waals surface area (Å²) < 4.78 is 32.1. The summed E-state index contributed by atoms with van der Waals surface area (Å²) in [7, 11) is -1.89. The van der Waals surface area contributed by atoms with Crippen molar-refractivity contribution in [2.45, 2.75) is 50.0 Å². The molecule has 1 aliphatic rings. The van der Waals surface area contributed by atoms with Crippen LogP contribution < -0.4 is 10.5 Å². The number of sulfonamides is 1. The minimum Gasteiger partial charge on any atom is -0.392 e. The summed E-state index contributed by atoms with van der Waals surface area (Å²) >= 11 is 4.79. The first-order valence-corrected chi connectivity index (χ1v) is 7.71. The van der Waals surface area contributed by atoms with E-state index < -0.39 is 15.3 Å². The number of thiocarbonyl (C=S) groups is 1. The lowest BCUT2D eigenvalue weighted by Crippen LogP contribution is -2.48. The van der Waals surface area contributed by atoms with Gasteiger partial charge in [-0.05, 0) is 25.7 Å². The van der Waals surface area contributed by atoms with Crippen molar-refractivity contribution in [3.8, 4) is 0 Å². The maximum absolute atomic E-state index is 12.1. The van der Waals surface area contributed by atoms with Crippen LogP contribution in [-0.2, 0) is 14.8 Å². The Kier molecular flexibility index (Phi) is 5.30. The second-order valence-electron chi connectivity index (χ2n) is 4.27. The smallest absolute Gasteiger partial charge is 0.221 e. The first-order valence-electron chi connectivity index (χ1n) is 5.75. The van der Waals surface area contributed by atoms with Gasteiger partial charge in [0, 0.05) is 13.2 Å². The van der Waals surface area contributed by atoms with Crippen molar-refractivity contribution in [3.63, 3.8) is 0 Å². The summed E-state index contributed by atoms with van der Waals surface area (Å²) in [6.07, 6.45) is 2.98. The molecule has 0 aromatic carbocycles. The Bertz CT molecular complexity index is 370. The van der Waals surface area contributed by atoms with Gasteiger partial charge in [0.1, 0.15) is 5.25 Å². The highest BCUT2D eigenvalue weighted by atomic mass is 32.2. The standard InChI is InChI=1S/C10H20N2O3S2/c1-3-9(10(11)16)17(13,14)12-7-5-4-6-8(7)15-2/h7-9,12H,3-6H2,1-2H3,(H2,11,16). The van der Waals surface area contributed by atoms with Crippen molar-refractivity contribution >= 4 is 27.2 Å². The fourth-order valence-electron chi connectivity index (χ4n) is 2.21. The molecule has 1 rings (SSSR count). The fourth-order valence-corrected chi connectivity index (χ4v) is 4.36. The van der Waals surface area contributed by atoms with Crippen LogP contribution in [0.1, 0.15) is 32.6 Å². The lowest BCUT2D eigenvalue weighted by atomic mass is 10.2. The van der Waals surface area contributed by atoms with Gasteiger partial charge in [0.25, 0.3) is 0 Å². The predicted molar refractivity (Wildman–Crippen MR) is 71.4 cm³/mol. The first-order chi connectivity index (χ1) is 7.92. The molecule has 5 nitrogen and oxygen atoms in total. The highest BCUT2D eigenvalue weighted by Gasteiger charge is 2.34. The lowest BCUT2D eigenvalue weighted by Gasteiger charge is -2.22. The molecule has 0 aromatic heterocycles. The van der Waals surface area contributed by atoms with E-state index in [1.807, 2.05) is 0 Å².